The Balaban J connectivity index is 0.000000166. The summed E-state index contributed by atoms with van der Waals surface area (Å²) in [5, 5.41) is 22.4. The molecule has 24 heteroatoms. The van der Waals surface area contributed by atoms with E-state index in [-0.39, 0.29) is 94.7 Å². The number of amides is 4. The number of anilines is 2. The minimum absolute atomic E-state index is 0.00983. The highest BCUT2D eigenvalue weighted by molar-refractivity contribution is 6.32. The van der Waals surface area contributed by atoms with Crippen LogP contribution in [-0.2, 0) is 39.6 Å². The topological polar surface area (TPSA) is 203 Å². The third-order valence-electron chi connectivity index (χ3n) is 19.6. The number of rotatable bonds is 12. The summed E-state index contributed by atoms with van der Waals surface area (Å²) < 4.78 is 87.5. The van der Waals surface area contributed by atoms with Gasteiger partial charge in [-0.25, -0.2) is 8.78 Å². The molecule has 7 N–H and O–H groups in total. The lowest BCUT2D eigenvalue weighted by Gasteiger charge is -2.59. The minimum Gasteiger partial charge on any atom is -0.480 e. The van der Waals surface area contributed by atoms with Gasteiger partial charge in [-0.05, 0) is 116 Å². The molecule has 4 amide bonds. The van der Waals surface area contributed by atoms with Crippen molar-refractivity contribution in [3.8, 4) is 0 Å². The minimum atomic E-state index is -1.66. The summed E-state index contributed by atoms with van der Waals surface area (Å²) >= 11 is 24.6. The zero-order valence-corrected chi connectivity index (χ0v) is 49.9. The van der Waals surface area contributed by atoms with Crippen LogP contribution < -0.4 is 27.0 Å². The summed E-state index contributed by atoms with van der Waals surface area (Å²) in [5.41, 5.74) is -1.24. The largest absolute Gasteiger partial charge is 0.480 e. The molecule has 0 radical (unpaired) electrons. The Bertz CT molecular complexity index is 3360. The van der Waals surface area contributed by atoms with Crippen molar-refractivity contribution in [1.82, 2.24) is 20.4 Å². The first-order valence-electron chi connectivity index (χ1n) is 28.0. The second kappa shape index (κ2) is 22.9. The van der Waals surface area contributed by atoms with Crippen molar-refractivity contribution in [2.24, 2.45) is 34.3 Å². The van der Waals surface area contributed by atoms with E-state index < -0.39 is 113 Å². The van der Waals surface area contributed by atoms with Crippen LogP contribution >= 0.6 is 46.4 Å². The van der Waals surface area contributed by atoms with Crippen molar-refractivity contribution < 1.29 is 60.2 Å². The standard InChI is InChI=1S/C31H32Cl2F3N3O3.C23H19Cl2F3N2O3.C7H14N2O/c1-39(2)27(41)17-8-16(9-17)10-23(40)26-24(19-4-3-5-21(33)25(19)36)31(30(38-26)12-29(13-30,14-34)15-35)20-7-6-18(32)11-22(20)37-28(31)42;24-11-4-5-13-15(6-11)29-20(33)23(13)16(12-2-1-3-14(25)17(12)28)18(19(31)32)30-22(23)7-21(8-22,9-26)10-27;1-9(2)7(10)5-3-6(8)4-5/h3-7,11,16-17,24,26,38H,8-10,12-15H2,1-2H3,(H,37,42);1-6,16,18,30H,7-10H2,(H,29,33)(H,31,32);5-6H,3-4,8H2,1-2H3/t16?,17?,24-,26-,31+;16-,18+,23+;/m00./s1. The first-order chi connectivity index (χ1) is 40.2. The van der Waals surface area contributed by atoms with Gasteiger partial charge in [-0.15, -0.1) is 0 Å². The van der Waals surface area contributed by atoms with Crippen molar-refractivity contribution in [3.05, 3.63) is 127 Å². The number of hydrogen-bond acceptors (Lipinski definition) is 9. The molecule has 4 aromatic carbocycles. The van der Waals surface area contributed by atoms with Crippen LogP contribution in [0.3, 0.4) is 0 Å². The van der Waals surface area contributed by atoms with E-state index in [0.717, 1.165) is 12.8 Å². The van der Waals surface area contributed by atoms with Gasteiger partial charge in [0, 0.05) is 108 Å². The molecular weight excluding hydrogens is 1200 g/mol. The van der Waals surface area contributed by atoms with E-state index in [0.29, 0.717) is 45.4 Å². The van der Waals surface area contributed by atoms with Crippen molar-refractivity contribution in [2.75, 3.05) is 65.5 Å². The molecule has 8 aliphatic rings. The Morgan fingerprint density at radius 1 is 0.600 bits per heavy atom. The number of aliphatic carboxylic acids is 1. The van der Waals surface area contributed by atoms with Gasteiger partial charge in [0.05, 0.1) is 42.8 Å². The fraction of sp³-hybridized carbons (Fsp3) is 0.508. The number of nitrogens with zero attached hydrogens (tertiary/aromatic N) is 2. The van der Waals surface area contributed by atoms with Gasteiger partial charge in [0.25, 0.3) is 0 Å². The number of carboxylic acids is 1. The zero-order valence-electron chi connectivity index (χ0n) is 46.9. The number of nitrogens with two attached hydrogens (primary N) is 1. The Labute approximate surface area is 507 Å². The molecule has 4 aromatic rings. The van der Waals surface area contributed by atoms with Gasteiger partial charge < -0.3 is 31.3 Å². The molecule has 4 aliphatic heterocycles. The molecule has 4 heterocycles. The smallest absolute Gasteiger partial charge is 0.321 e. The van der Waals surface area contributed by atoms with Crippen LogP contribution in [0.25, 0.3) is 0 Å². The SMILES string of the molecule is CN(C)C(=O)C1CC(CC(=O)[C@@H]2NC3(CC(CF)(CF)C3)[C@@]3(C(=O)Nc4cc(Cl)ccc43)[C@H]2c2cccc(Cl)c2F)C1.CN(C)C(=O)C1CC(N)C1.O=C(O)[C@@H]1NC2(CC(CF)(CF)C2)[C@@]2(C(=O)Nc3cc(Cl)ccc32)[C@H]1c1cccc(Cl)c1F. The van der Waals surface area contributed by atoms with Crippen LogP contribution in [0.5, 0.6) is 0 Å². The number of nitrogens with one attached hydrogen (secondary N) is 4. The maximum Gasteiger partial charge on any atom is 0.321 e. The van der Waals surface area contributed by atoms with E-state index in [2.05, 4.69) is 21.3 Å². The summed E-state index contributed by atoms with van der Waals surface area (Å²) in [6, 6.07) is 16.0. The van der Waals surface area contributed by atoms with Gasteiger partial charge >= 0.3 is 5.97 Å². The van der Waals surface area contributed by atoms with E-state index in [1.807, 2.05) is 0 Å². The quantitative estimate of drug-likeness (QED) is 0.0741. The number of fused-ring (bicyclic) bond motifs is 6. The number of benzene rings is 4. The molecule has 4 aliphatic carbocycles. The van der Waals surface area contributed by atoms with Gasteiger partial charge in [0.15, 0.2) is 5.78 Å². The van der Waals surface area contributed by atoms with Crippen molar-refractivity contribution in [1.29, 1.82) is 0 Å². The number of halogens is 10. The average Bonchev–Trinajstić information content (AvgIpc) is 1.53. The number of ketones is 1. The van der Waals surface area contributed by atoms with Crippen LogP contribution in [0.15, 0.2) is 72.8 Å². The Hall–Kier alpha value is -5.48. The van der Waals surface area contributed by atoms with Gasteiger partial charge in [-0.1, -0.05) is 82.8 Å². The fourth-order valence-corrected chi connectivity index (χ4v) is 16.6. The van der Waals surface area contributed by atoms with Gasteiger partial charge in [0.2, 0.25) is 23.6 Å². The van der Waals surface area contributed by atoms with Crippen LogP contribution in [-0.4, -0.2) is 134 Å². The number of carbonyl (C=O) groups is 6. The molecule has 0 aromatic heterocycles. The van der Waals surface area contributed by atoms with E-state index in [4.69, 9.17) is 52.1 Å². The van der Waals surface area contributed by atoms with E-state index in [1.54, 1.807) is 69.5 Å². The summed E-state index contributed by atoms with van der Waals surface area (Å²) in [5.74, 6) is -6.29. The van der Waals surface area contributed by atoms with Crippen LogP contribution in [0, 0.1) is 40.2 Å². The number of carboxylic acid groups (broad SMARTS) is 1. The van der Waals surface area contributed by atoms with Crippen LogP contribution in [0.1, 0.15) is 91.9 Å². The third-order valence-corrected chi connectivity index (χ3v) is 20.6. The number of carbonyl (C=O) groups excluding carboxylic acids is 5. The Kier molecular flexibility index (Phi) is 16.9. The van der Waals surface area contributed by atoms with Crippen LogP contribution in [0.4, 0.5) is 37.7 Å². The molecule has 2 saturated heterocycles. The summed E-state index contributed by atoms with van der Waals surface area (Å²) in [6.07, 6.45) is 2.57. The average molecular weight is 1260 g/mol. The predicted molar refractivity (Wildman–Crippen MR) is 310 cm³/mol. The number of alkyl halides is 4. The Morgan fingerprint density at radius 3 is 1.36 bits per heavy atom. The van der Waals surface area contributed by atoms with Crippen molar-refractivity contribution in [2.45, 2.75) is 110 Å². The molecular formula is C61H65Cl4F6N7O7. The fourth-order valence-electron chi connectivity index (χ4n) is 15.9. The molecule has 6 fully saturated rings. The molecule has 456 valence electrons. The lowest BCUT2D eigenvalue weighted by molar-refractivity contribution is -0.140. The number of Topliss-reactive ketones (excluding diaryl/α,β-unsaturated/α-hetero) is 1. The van der Waals surface area contributed by atoms with E-state index in [1.165, 1.54) is 41.3 Å². The molecule has 0 bridgehead atoms. The van der Waals surface area contributed by atoms with Gasteiger partial charge in [-0.3, -0.25) is 57.0 Å². The first-order valence-corrected chi connectivity index (χ1v) is 29.5. The van der Waals surface area contributed by atoms with Crippen molar-refractivity contribution in [3.63, 3.8) is 0 Å². The maximum absolute atomic E-state index is 15.9. The van der Waals surface area contributed by atoms with Gasteiger partial charge in [0.1, 0.15) is 28.5 Å². The molecule has 6 atom stereocenters. The normalized spacial score (nSPS) is 29.6. The zero-order chi connectivity index (χ0) is 61.7. The number of hydrogen-bond donors (Lipinski definition) is 6. The molecule has 14 nitrogen and oxygen atoms in total. The summed E-state index contributed by atoms with van der Waals surface area (Å²) in [6.45, 7) is -3.80. The summed E-state index contributed by atoms with van der Waals surface area (Å²) in [4.78, 5) is 81.3. The molecule has 4 saturated carbocycles. The Morgan fingerprint density at radius 2 is 0.988 bits per heavy atom. The molecule has 85 heavy (non-hydrogen) atoms. The highest BCUT2D eigenvalue weighted by atomic mass is 35.5. The maximum atomic E-state index is 15.9. The lowest BCUT2D eigenvalue weighted by Crippen LogP contribution is -2.70. The lowest BCUT2D eigenvalue weighted by atomic mass is 9.46. The van der Waals surface area contributed by atoms with Gasteiger partial charge in [-0.2, -0.15) is 0 Å². The highest BCUT2D eigenvalue weighted by Gasteiger charge is 2.80. The first kappa shape index (κ1) is 62.6. The molecule has 0 unspecified atom stereocenters. The second-order valence-electron chi connectivity index (χ2n) is 25.2. The highest BCUT2D eigenvalue weighted by Crippen LogP contribution is 2.71. The van der Waals surface area contributed by atoms with E-state index >= 15 is 8.78 Å². The molecule has 12 rings (SSSR count). The van der Waals surface area contributed by atoms with Crippen LogP contribution in [0.2, 0.25) is 20.1 Å². The van der Waals surface area contributed by atoms with E-state index in [9.17, 15) is 51.4 Å². The van der Waals surface area contributed by atoms with Crippen molar-refractivity contribution >= 4 is 93.2 Å². The monoisotopic (exact) mass is 1260 g/mol. The predicted octanol–water partition coefficient (Wildman–Crippen LogP) is 10.0. The molecule has 4 spiro atoms. The third kappa shape index (κ3) is 9.81. The second-order valence-corrected chi connectivity index (χ2v) is 26.9. The summed E-state index contributed by atoms with van der Waals surface area (Å²) in [7, 11) is 6.95.